The zero-order valence-corrected chi connectivity index (χ0v) is 9.49. The first-order valence-electron chi connectivity index (χ1n) is 5.47. The van der Waals surface area contributed by atoms with Gasteiger partial charge in [0.25, 0.3) is 0 Å². The van der Waals surface area contributed by atoms with Crippen LogP contribution in [-0.4, -0.2) is 43.8 Å². The third-order valence-corrected chi connectivity index (χ3v) is 2.30. The summed E-state index contributed by atoms with van der Waals surface area (Å²) in [7, 11) is 0. The van der Waals surface area contributed by atoms with Gasteiger partial charge < -0.3 is 14.4 Å². The molecule has 15 heavy (non-hydrogen) atoms. The van der Waals surface area contributed by atoms with Gasteiger partial charge in [-0.15, -0.1) is 0 Å². The van der Waals surface area contributed by atoms with E-state index < -0.39 is 0 Å². The SMILES string of the molecule is CCOC(=O)C(=CN1CCOCC1)CC. The summed E-state index contributed by atoms with van der Waals surface area (Å²) in [4.78, 5) is 13.6. The minimum Gasteiger partial charge on any atom is -0.463 e. The van der Waals surface area contributed by atoms with Crippen molar-refractivity contribution >= 4 is 5.97 Å². The molecule has 0 unspecified atom stereocenters. The smallest absolute Gasteiger partial charge is 0.335 e. The topological polar surface area (TPSA) is 38.8 Å². The van der Waals surface area contributed by atoms with Gasteiger partial charge in [-0.05, 0) is 13.3 Å². The summed E-state index contributed by atoms with van der Waals surface area (Å²) in [5.74, 6) is -0.202. The predicted molar refractivity (Wildman–Crippen MR) is 57.4 cm³/mol. The fraction of sp³-hybridized carbons (Fsp3) is 0.727. The van der Waals surface area contributed by atoms with E-state index in [0.717, 1.165) is 31.9 Å². The van der Waals surface area contributed by atoms with Gasteiger partial charge in [0.2, 0.25) is 0 Å². The summed E-state index contributed by atoms with van der Waals surface area (Å²) in [5, 5.41) is 0. The maximum atomic E-state index is 11.5. The maximum Gasteiger partial charge on any atom is 0.335 e. The van der Waals surface area contributed by atoms with Crippen molar-refractivity contribution in [3.8, 4) is 0 Å². The van der Waals surface area contributed by atoms with E-state index >= 15 is 0 Å². The van der Waals surface area contributed by atoms with Crippen molar-refractivity contribution in [3.63, 3.8) is 0 Å². The third-order valence-electron chi connectivity index (χ3n) is 2.30. The van der Waals surface area contributed by atoms with Gasteiger partial charge >= 0.3 is 5.97 Å². The Morgan fingerprint density at radius 1 is 1.40 bits per heavy atom. The summed E-state index contributed by atoms with van der Waals surface area (Å²) in [6.07, 6.45) is 2.61. The van der Waals surface area contributed by atoms with Gasteiger partial charge in [0, 0.05) is 19.3 Å². The van der Waals surface area contributed by atoms with E-state index in [4.69, 9.17) is 9.47 Å². The molecule has 0 aromatic rings. The Kier molecular flexibility index (Phi) is 5.18. The Balaban J connectivity index is 2.54. The molecule has 0 spiro atoms. The molecule has 4 nitrogen and oxygen atoms in total. The molecule has 4 heteroatoms. The molecule has 0 aliphatic carbocycles. The van der Waals surface area contributed by atoms with Crippen LogP contribution in [0.4, 0.5) is 0 Å². The summed E-state index contributed by atoms with van der Waals surface area (Å²) in [6.45, 7) is 7.38. The Hall–Kier alpha value is -1.03. The van der Waals surface area contributed by atoms with Gasteiger partial charge in [-0.2, -0.15) is 0 Å². The van der Waals surface area contributed by atoms with E-state index in [1.54, 1.807) is 0 Å². The number of nitrogens with zero attached hydrogens (tertiary/aromatic N) is 1. The van der Waals surface area contributed by atoms with E-state index in [1.807, 2.05) is 20.0 Å². The van der Waals surface area contributed by atoms with Gasteiger partial charge in [-0.25, -0.2) is 4.79 Å². The molecule has 1 rings (SSSR count). The fourth-order valence-electron chi connectivity index (χ4n) is 1.44. The lowest BCUT2D eigenvalue weighted by Gasteiger charge is -2.26. The zero-order valence-electron chi connectivity index (χ0n) is 9.49. The number of hydrogen-bond acceptors (Lipinski definition) is 4. The van der Waals surface area contributed by atoms with Crippen molar-refractivity contribution in [2.75, 3.05) is 32.9 Å². The van der Waals surface area contributed by atoms with Crippen molar-refractivity contribution in [1.82, 2.24) is 4.90 Å². The monoisotopic (exact) mass is 213 g/mol. The lowest BCUT2D eigenvalue weighted by Crippen LogP contribution is -2.33. The highest BCUT2D eigenvalue weighted by Gasteiger charge is 2.12. The molecule has 0 aromatic carbocycles. The molecule has 1 aliphatic heterocycles. The lowest BCUT2D eigenvalue weighted by atomic mass is 10.2. The molecule has 0 aromatic heterocycles. The average Bonchev–Trinajstić information content (AvgIpc) is 2.27. The number of carbonyl (C=O) groups is 1. The quantitative estimate of drug-likeness (QED) is 0.519. The molecule has 0 bridgehead atoms. The first-order valence-corrected chi connectivity index (χ1v) is 5.47. The van der Waals surface area contributed by atoms with E-state index in [-0.39, 0.29) is 5.97 Å². The second kappa shape index (κ2) is 6.45. The maximum absolute atomic E-state index is 11.5. The number of ether oxygens (including phenoxy) is 2. The van der Waals surface area contributed by atoms with Gasteiger partial charge in [0.05, 0.1) is 25.4 Å². The molecule has 1 fully saturated rings. The fourth-order valence-corrected chi connectivity index (χ4v) is 1.44. The molecule has 86 valence electrons. The highest BCUT2D eigenvalue weighted by Crippen LogP contribution is 2.07. The Bertz CT molecular complexity index is 232. The molecule has 0 saturated carbocycles. The lowest BCUT2D eigenvalue weighted by molar-refractivity contribution is -0.138. The van der Waals surface area contributed by atoms with Crippen LogP contribution in [-0.2, 0) is 14.3 Å². The van der Waals surface area contributed by atoms with Crippen LogP contribution in [0.15, 0.2) is 11.8 Å². The van der Waals surface area contributed by atoms with Crippen LogP contribution in [0.5, 0.6) is 0 Å². The van der Waals surface area contributed by atoms with Crippen LogP contribution in [0.25, 0.3) is 0 Å². The molecule has 0 radical (unpaired) electrons. The standard InChI is InChI=1S/C11H19NO3/c1-3-10(11(13)15-4-2)9-12-5-7-14-8-6-12/h9H,3-8H2,1-2H3. The van der Waals surface area contributed by atoms with Crippen LogP contribution in [0.2, 0.25) is 0 Å². The molecule has 0 atom stereocenters. The number of hydrogen-bond donors (Lipinski definition) is 0. The average molecular weight is 213 g/mol. The molecular weight excluding hydrogens is 194 g/mol. The van der Waals surface area contributed by atoms with Gasteiger partial charge in [0.15, 0.2) is 0 Å². The Morgan fingerprint density at radius 2 is 2.07 bits per heavy atom. The first-order chi connectivity index (χ1) is 7.27. The van der Waals surface area contributed by atoms with Crippen molar-refractivity contribution in [3.05, 3.63) is 11.8 Å². The van der Waals surface area contributed by atoms with Crippen LogP contribution in [0.1, 0.15) is 20.3 Å². The number of carbonyl (C=O) groups excluding carboxylic acids is 1. The van der Waals surface area contributed by atoms with Crippen molar-refractivity contribution < 1.29 is 14.3 Å². The third kappa shape index (κ3) is 3.91. The van der Waals surface area contributed by atoms with Gasteiger partial charge in [-0.3, -0.25) is 0 Å². The molecule has 1 heterocycles. The Labute approximate surface area is 90.8 Å². The highest BCUT2D eigenvalue weighted by atomic mass is 16.5. The molecule has 0 N–H and O–H groups in total. The predicted octanol–water partition coefficient (Wildman–Crippen LogP) is 1.18. The van der Waals surface area contributed by atoms with Crippen molar-refractivity contribution in [2.24, 2.45) is 0 Å². The second-order valence-electron chi connectivity index (χ2n) is 3.38. The molecule has 1 aliphatic rings. The van der Waals surface area contributed by atoms with Gasteiger partial charge in [-0.1, -0.05) is 6.92 Å². The number of esters is 1. The minimum absolute atomic E-state index is 0.202. The van der Waals surface area contributed by atoms with E-state index in [9.17, 15) is 4.79 Å². The number of rotatable bonds is 4. The molecule has 1 saturated heterocycles. The van der Waals surface area contributed by atoms with Crippen LogP contribution >= 0.6 is 0 Å². The summed E-state index contributed by atoms with van der Waals surface area (Å²) < 4.78 is 10.2. The van der Waals surface area contributed by atoms with Crippen molar-refractivity contribution in [1.29, 1.82) is 0 Å². The highest BCUT2D eigenvalue weighted by molar-refractivity contribution is 5.88. The molecular formula is C11H19NO3. The zero-order chi connectivity index (χ0) is 11.1. The first kappa shape index (κ1) is 12.0. The van der Waals surface area contributed by atoms with Crippen LogP contribution in [0.3, 0.4) is 0 Å². The minimum atomic E-state index is -0.202. The normalized spacial score (nSPS) is 17.7. The summed E-state index contributed by atoms with van der Waals surface area (Å²) in [6, 6.07) is 0. The van der Waals surface area contributed by atoms with Gasteiger partial charge in [0.1, 0.15) is 0 Å². The van der Waals surface area contributed by atoms with E-state index in [1.165, 1.54) is 0 Å². The number of morpholine rings is 1. The van der Waals surface area contributed by atoms with Crippen LogP contribution < -0.4 is 0 Å². The summed E-state index contributed by atoms with van der Waals surface area (Å²) in [5.41, 5.74) is 0.735. The second-order valence-corrected chi connectivity index (χ2v) is 3.38. The van der Waals surface area contributed by atoms with E-state index in [2.05, 4.69) is 4.90 Å². The van der Waals surface area contributed by atoms with Crippen molar-refractivity contribution in [2.45, 2.75) is 20.3 Å². The summed E-state index contributed by atoms with van der Waals surface area (Å²) >= 11 is 0. The Morgan fingerprint density at radius 3 is 2.60 bits per heavy atom. The molecule has 0 amide bonds. The van der Waals surface area contributed by atoms with Crippen LogP contribution in [0, 0.1) is 0 Å². The van der Waals surface area contributed by atoms with E-state index in [0.29, 0.717) is 13.0 Å². The largest absolute Gasteiger partial charge is 0.463 e.